The Morgan fingerprint density at radius 2 is 1.78 bits per heavy atom. The third-order valence-electron chi connectivity index (χ3n) is 6.69. The maximum Gasteiger partial charge on any atom is 0.224 e. The summed E-state index contributed by atoms with van der Waals surface area (Å²) in [6.07, 6.45) is 2.35. The van der Waals surface area contributed by atoms with Crippen LogP contribution in [0.5, 0.6) is 5.75 Å². The summed E-state index contributed by atoms with van der Waals surface area (Å²) in [6.45, 7) is 3.73. The number of aryl methyl sites for hydroxylation is 1. The highest BCUT2D eigenvalue weighted by atomic mass is 19.1. The van der Waals surface area contributed by atoms with E-state index in [0.717, 1.165) is 11.1 Å². The quantitative estimate of drug-likeness (QED) is 0.574. The Morgan fingerprint density at radius 3 is 2.42 bits per heavy atom. The van der Waals surface area contributed by atoms with Crippen LogP contribution < -0.4 is 10.1 Å². The highest BCUT2D eigenvalue weighted by molar-refractivity contribution is 5.93. The van der Waals surface area contributed by atoms with E-state index in [1.54, 1.807) is 12.1 Å². The number of nitrogens with one attached hydrogen (secondary N) is 1. The van der Waals surface area contributed by atoms with Crippen LogP contribution in [0.15, 0.2) is 48.5 Å². The molecule has 1 amide bonds. The van der Waals surface area contributed by atoms with E-state index in [-0.39, 0.29) is 35.6 Å². The van der Waals surface area contributed by atoms with E-state index in [1.165, 1.54) is 12.1 Å². The van der Waals surface area contributed by atoms with Gasteiger partial charge in [0.15, 0.2) is 11.6 Å². The first-order valence-electron chi connectivity index (χ1n) is 12.7. The van der Waals surface area contributed by atoms with Crippen LogP contribution in [0, 0.1) is 23.6 Å². The average Bonchev–Trinajstić information content (AvgIpc) is 2.86. The molecule has 0 aromatic heterocycles. The molecule has 0 saturated heterocycles. The van der Waals surface area contributed by atoms with Crippen LogP contribution in [-0.4, -0.2) is 41.8 Å². The molecule has 3 unspecified atom stereocenters. The van der Waals surface area contributed by atoms with E-state index >= 15 is 0 Å². The zero-order valence-corrected chi connectivity index (χ0v) is 21.0. The fourth-order valence-electron chi connectivity index (χ4n) is 4.73. The van der Waals surface area contributed by atoms with Gasteiger partial charge in [-0.2, -0.15) is 0 Å². The number of carbonyl (C=O) groups is 3. The van der Waals surface area contributed by atoms with E-state index in [2.05, 4.69) is 5.32 Å². The lowest BCUT2D eigenvalue weighted by Gasteiger charge is -2.29. The van der Waals surface area contributed by atoms with Crippen molar-refractivity contribution in [2.75, 3.05) is 13.2 Å². The smallest absolute Gasteiger partial charge is 0.224 e. The van der Waals surface area contributed by atoms with Gasteiger partial charge in [-0.3, -0.25) is 14.4 Å². The molecule has 3 atom stereocenters. The zero-order valence-electron chi connectivity index (χ0n) is 21.0. The van der Waals surface area contributed by atoms with Crippen LogP contribution in [0.2, 0.25) is 0 Å². The number of aliphatic hydroxyl groups is 1. The summed E-state index contributed by atoms with van der Waals surface area (Å²) in [5.74, 6) is -1.64. The monoisotopic (exact) mass is 497 g/mol. The minimum atomic E-state index is -0.771. The molecule has 2 aliphatic rings. The first-order chi connectivity index (χ1) is 17.3. The Hall–Kier alpha value is -3.06. The summed E-state index contributed by atoms with van der Waals surface area (Å²) in [6, 6.07) is 12.7. The van der Waals surface area contributed by atoms with Crippen molar-refractivity contribution in [2.24, 2.45) is 17.8 Å². The average molecular weight is 498 g/mol. The van der Waals surface area contributed by atoms with E-state index < -0.39 is 24.5 Å². The zero-order chi connectivity index (χ0) is 26.1. The van der Waals surface area contributed by atoms with E-state index in [4.69, 9.17) is 4.74 Å². The van der Waals surface area contributed by atoms with Crippen molar-refractivity contribution < 1.29 is 28.6 Å². The van der Waals surface area contributed by atoms with Gasteiger partial charge in [0.05, 0.1) is 12.6 Å². The second-order valence-corrected chi connectivity index (χ2v) is 9.96. The Balaban J connectivity index is 1.87. The molecule has 2 bridgehead atoms. The third-order valence-corrected chi connectivity index (χ3v) is 6.69. The van der Waals surface area contributed by atoms with Crippen LogP contribution >= 0.6 is 0 Å². The lowest BCUT2D eigenvalue weighted by atomic mass is 9.79. The Morgan fingerprint density at radius 1 is 1.08 bits per heavy atom. The highest BCUT2D eigenvalue weighted by Gasteiger charge is 2.35. The van der Waals surface area contributed by atoms with Gasteiger partial charge in [0.1, 0.15) is 18.2 Å². The third kappa shape index (κ3) is 7.98. The van der Waals surface area contributed by atoms with E-state index in [0.29, 0.717) is 44.5 Å². The molecule has 2 aromatic rings. The number of fused-ring (bicyclic) bond motifs is 11. The summed E-state index contributed by atoms with van der Waals surface area (Å²) in [4.78, 5) is 39.5. The topological polar surface area (TPSA) is 92.7 Å². The van der Waals surface area contributed by atoms with Gasteiger partial charge in [-0.15, -0.1) is 0 Å². The number of ketones is 2. The van der Waals surface area contributed by atoms with Crippen molar-refractivity contribution in [1.82, 2.24) is 5.32 Å². The van der Waals surface area contributed by atoms with Gasteiger partial charge in [-0.05, 0) is 73.4 Å². The van der Waals surface area contributed by atoms with Crippen LogP contribution in [0.4, 0.5) is 4.39 Å². The number of ether oxygens (including phenoxy) is 1. The molecular weight excluding hydrogens is 461 g/mol. The fourth-order valence-corrected chi connectivity index (χ4v) is 4.73. The van der Waals surface area contributed by atoms with Crippen molar-refractivity contribution in [2.45, 2.75) is 58.4 Å². The van der Waals surface area contributed by atoms with Gasteiger partial charge in [0.25, 0.3) is 0 Å². The number of carbonyl (C=O) groups excluding carboxylic acids is 3. The molecule has 0 fully saturated rings. The lowest BCUT2D eigenvalue weighted by Crippen LogP contribution is -2.48. The van der Waals surface area contributed by atoms with Crippen LogP contribution in [-0.2, 0) is 27.2 Å². The molecule has 4 rings (SSSR count). The molecule has 0 spiro atoms. The summed E-state index contributed by atoms with van der Waals surface area (Å²) < 4.78 is 19.0. The normalized spacial score (nSPS) is 20.9. The van der Waals surface area contributed by atoms with Crippen molar-refractivity contribution in [3.8, 4) is 5.75 Å². The van der Waals surface area contributed by atoms with Crippen molar-refractivity contribution in [3.05, 3.63) is 65.5 Å². The molecule has 194 valence electrons. The van der Waals surface area contributed by atoms with Crippen LogP contribution in [0.1, 0.15) is 50.7 Å². The molecule has 2 heterocycles. The standard InChI is InChI=1S/C29H36FNO5/c1-19(2)16-25-24(28(34)18-32)4-3-15-36-23-12-7-21(8-13-23)17-26(31-29(25)35)27(33)14-9-20-5-10-22(30)11-6-20/h5-8,10-13,19,24-26,32H,3-4,9,14-18H2,1-2H3,(H,31,35). The predicted molar refractivity (Wildman–Crippen MR) is 135 cm³/mol. The van der Waals surface area contributed by atoms with Gasteiger partial charge >= 0.3 is 0 Å². The van der Waals surface area contributed by atoms with Gasteiger partial charge in [0, 0.05) is 18.3 Å². The minimum Gasteiger partial charge on any atom is -0.494 e. The number of halogens is 1. The molecule has 7 heteroatoms. The first-order valence-corrected chi connectivity index (χ1v) is 12.7. The van der Waals surface area contributed by atoms with E-state index in [9.17, 15) is 23.9 Å². The number of amides is 1. The summed E-state index contributed by atoms with van der Waals surface area (Å²) >= 11 is 0. The molecule has 0 radical (unpaired) electrons. The Bertz CT molecular complexity index is 1020. The molecule has 0 saturated carbocycles. The maximum absolute atomic E-state index is 13.6. The largest absolute Gasteiger partial charge is 0.494 e. The lowest BCUT2D eigenvalue weighted by molar-refractivity contribution is -0.137. The predicted octanol–water partition coefficient (Wildman–Crippen LogP) is 4.07. The van der Waals surface area contributed by atoms with Crippen molar-refractivity contribution in [3.63, 3.8) is 0 Å². The second kappa shape index (κ2) is 13.3. The summed E-state index contributed by atoms with van der Waals surface area (Å²) in [7, 11) is 0. The van der Waals surface area contributed by atoms with Gasteiger partial charge < -0.3 is 15.2 Å². The maximum atomic E-state index is 13.6. The highest BCUT2D eigenvalue weighted by Crippen LogP contribution is 2.27. The number of Topliss-reactive ketones (excluding diaryl/α,β-unsaturated/α-hetero) is 2. The van der Waals surface area contributed by atoms with Crippen LogP contribution in [0.25, 0.3) is 0 Å². The van der Waals surface area contributed by atoms with Crippen molar-refractivity contribution >= 4 is 17.5 Å². The van der Waals surface area contributed by atoms with Crippen LogP contribution in [0.3, 0.4) is 0 Å². The van der Waals surface area contributed by atoms with Gasteiger partial charge in [-0.1, -0.05) is 38.1 Å². The Labute approximate surface area is 212 Å². The van der Waals surface area contributed by atoms with E-state index in [1.807, 2.05) is 38.1 Å². The summed E-state index contributed by atoms with van der Waals surface area (Å²) in [5, 5.41) is 12.6. The molecule has 6 nitrogen and oxygen atoms in total. The fraction of sp³-hybridized carbons (Fsp3) is 0.483. The molecule has 0 aliphatic carbocycles. The van der Waals surface area contributed by atoms with Crippen molar-refractivity contribution in [1.29, 1.82) is 0 Å². The number of hydrogen-bond donors (Lipinski definition) is 2. The summed E-state index contributed by atoms with van der Waals surface area (Å²) in [5.41, 5.74) is 1.72. The number of benzene rings is 2. The molecular formula is C29H36FNO5. The Kier molecular flexibility index (Phi) is 10.2. The second-order valence-electron chi connectivity index (χ2n) is 9.96. The molecule has 2 N–H and O–H groups in total. The molecule has 36 heavy (non-hydrogen) atoms. The number of rotatable bonds is 8. The molecule has 2 aliphatic heterocycles. The number of aliphatic hydroxyl groups excluding tert-OH is 1. The SMILES string of the molecule is CC(C)CC1C(=O)NC(C(=O)CCc2ccc(F)cc2)Cc2ccc(cc2)OCCCC1C(=O)CO. The first kappa shape index (κ1) is 27.5. The number of hydrogen-bond acceptors (Lipinski definition) is 5. The van der Waals surface area contributed by atoms with Gasteiger partial charge in [-0.25, -0.2) is 4.39 Å². The van der Waals surface area contributed by atoms with Gasteiger partial charge in [0.2, 0.25) is 5.91 Å². The minimum absolute atomic E-state index is 0.131. The molecule has 2 aromatic carbocycles.